The number of nitrogens with one attached hydrogen (secondary N) is 1. The highest BCUT2D eigenvalue weighted by molar-refractivity contribution is 5.34. The van der Waals surface area contributed by atoms with E-state index in [1.54, 1.807) is 0 Å². The minimum Gasteiger partial charge on any atom is -0.313 e. The molecule has 1 rings (SSSR count). The Morgan fingerprint density at radius 1 is 1.62 bits per heavy atom. The predicted molar refractivity (Wildman–Crippen MR) is 41.5 cm³/mol. The highest BCUT2D eigenvalue weighted by Gasteiger charge is 2.14. The summed E-state index contributed by atoms with van der Waals surface area (Å²) < 4.78 is 24.5. The molecule has 0 aliphatic heterocycles. The van der Waals surface area contributed by atoms with Crippen molar-refractivity contribution in [2.24, 2.45) is 0 Å². The van der Waals surface area contributed by atoms with Crippen LogP contribution in [0.3, 0.4) is 0 Å². The molecule has 3 nitrogen and oxygen atoms in total. The van der Waals surface area contributed by atoms with Crippen molar-refractivity contribution in [3.63, 3.8) is 0 Å². The fourth-order valence-corrected chi connectivity index (χ4v) is 0.920. The van der Waals surface area contributed by atoms with Crippen LogP contribution in [0.2, 0.25) is 0 Å². The second-order valence-electron chi connectivity index (χ2n) is 2.52. The molecule has 0 aliphatic carbocycles. The highest BCUT2D eigenvalue weighted by atomic mass is 19.3. The molecule has 0 aliphatic rings. The molecule has 0 radical (unpaired) electrons. The molecule has 0 bridgehead atoms. The molecule has 0 saturated heterocycles. The Morgan fingerprint density at radius 3 is 2.69 bits per heavy atom. The topological polar surface area (TPSA) is 56.6 Å². The molecule has 0 spiro atoms. The summed E-state index contributed by atoms with van der Waals surface area (Å²) in [4.78, 5) is 13.0. The first-order chi connectivity index (χ1) is 6.06. The molecule has 1 heterocycles. The summed E-state index contributed by atoms with van der Waals surface area (Å²) in [7, 11) is 0. The van der Waals surface area contributed by atoms with Crippen molar-refractivity contribution in [2.45, 2.75) is 13.3 Å². The fraction of sp³-hybridized carbons (Fsp3) is 0.250. The van der Waals surface area contributed by atoms with Crippen LogP contribution in [-0.4, -0.2) is 4.98 Å². The minimum absolute atomic E-state index is 0.175. The first kappa shape index (κ1) is 9.39. The molecule has 1 aromatic heterocycles. The fourth-order valence-electron chi connectivity index (χ4n) is 0.920. The number of hydrogen-bond acceptors (Lipinski definition) is 2. The van der Waals surface area contributed by atoms with Crippen molar-refractivity contribution >= 4 is 0 Å². The van der Waals surface area contributed by atoms with Gasteiger partial charge in [0.05, 0.1) is 5.56 Å². The summed E-state index contributed by atoms with van der Waals surface area (Å²) in [5.41, 5.74) is -1.14. The quantitative estimate of drug-likeness (QED) is 0.718. The number of pyridine rings is 1. The van der Waals surface area contributed by atoms with Crippen LogP contribution in [0, 0.1) is 18.3 Å². The summed E-state index contributed by atoms with van der Waals surface area (Å²) in [6, 6.07) is 2.54. The first-order valence-corrected chi connectivity index (χ1v) is 3.48. The maximum atomic E-state index is 12.3. The Kier molecular flexibility index (Phi) is 2.42. The summed E-state index contributed by atoms with van der Waals surface area (Å²) >= 11 is 0. The van der Waals surface area contributed by atoms with E-state index in [-0.39, 0.29) is 11.3 Å². The van der Waals surface area contributed by atoms with Crippen LogP contribution >= 0.6 is 0 Å². The number of rotatable bonds is 1. The number of hydrogen-bond donors (Lipinski definition) is 1. The molecular weight excluding hydrogens is 178 g/mol. The molecule has 68 valence electrons. The van der Waals surface area contributed by atoms with Crippen molar-refractivity contribution in [3.8, 4) is 6.07 Å². The number of aryl methyl sites for hydroxylation is 1. The second-order valence-corrected chi connectivity index (χ2v) is 2.52. The summed E-state index contributed by atoms with van der Waals surface area (Å²) in [6.45, 7) is 1.41. The van der Waals surface area contributed by atoms with Crippen molar-refractivity contribution in [2.75, 3.05) is 0 Å². The largest absolute Gasteiger partial charge is 0.313 e. The number of nitrogens with zero attached hydrogens (tertiary/aromatic N) is 1. The van der Waals surface area contributed by atoms with Crippen LogP contribution in [0.1, 0.15) is 23.2 Å². The van der Waals surface area contributed by atoms with Gasteiger partial charge in [-0.2, -0.15) is 5.26 Å². The third-order valence-corrected chi connectivity index (χ3v) is 1.60. The van der Waals surface area contributed by atoms with Gasteiger partial charge in [0.2, 0.25) is 0 Å². The zero-order chi connectivity index (χ0) is 10.0. The number of aromatic nitrogens is 1. The Balaban J connectivity index is 3.44. The maximum Gasteiger partial charge on any atom is 0.266 e. The summed E-state index contributed by atoms with van der Waals surface area (Å²) in [5, 5.41) is 8.43. The molecular formula is C8H6F2N2O. The van der Waals surface area contributed by atoms with Gasteiger partial charge >= 0.3 is 0 Å². The first-order valence-electron chi connectivity index (χ1n) is 3.48. The standard InChI is InChI=1S/C8H6F2N2O/c1-4-2-5(7(9)10)6(3-11)12-8(4)13/h2,7H,1H3,(H,12,13). The van der Waals surface area contributed by atoms with Gasteiger partial charge in [-0.05, 0) is 13.0 Å². The Labute approximate surface area is 72.6 Å². The van der Waals surface area contributed by atoms with Crippen molar-refractivity contribution in [3.05, 3.63) is 33.2 Å². The zero-order valence-corrected chi connectivity index (χ0v) is 6.77. The lowest BCUT2D eigenvalue weighted by Gasteiger charge is -2.02. The molecule has 0 saturated carbocycles. The maximum absolute atomic E-state index is 12.3. The molecule has 13 heavy (non-hydrogen) atoms. The van der Waals surface area contributed by atoms with Crippen molar-refractivity contribution in [1.29, 1.82) is 5.26 Å². The van der Waals surface area contributed by atoms with E-state index < -0.39 is 17.5 Å². The summed E-state index contributed by atoms with van der Waals surface area (Å²) in [6.07, 6.45) is -2.75. The summed E-state index contributed by atoms with van der Waals surface area (Å²) in [5.74, 6) is 0. The van der Waals surface area contributed by atoms with E-state index in [2.05, 4.69) is 4.98 Å². The van der Waals surface area contributed by atoms with E-state index in [1.807, 2.05) is 0 Å². The van der Waals surface area contributed by atoms with E-state index in [0.29, 0.717) is 0 Å². The van der Waals surface area contributed by atoms with Gasteiger partial charge in [-0.1, -0.05) is 0 Å². The van der Waals surface area contributed by atoms with Crippen LogP contribution in [0.5, 0.6) is 0 Å². The number of aromatic amines is 1. The predicted octanol–water partition coefficient (Wildman–Crippen LogP) is 1.49. The number of halogens is 2. The lowest BCUT2D eigenvalue weighted by molar-refractivity contribution is 0.150. The number of H-pyrrole nitrogens is 1. The molecule has 0 amide bonds. The number of nitriles is 1. The van der Waals surface area contributed by atoms with Gasteiger partial charge in [-0.3, -0.25) is 4.79 Å². The van der Waals surface area contributed by atoms with Gasteiger partial charge in [-0.15, -0.1) is 0 Å². The zero-order valence-electron chi connectivity index (χ0n) is 6.77. The van der Waals surface area contributed by atoms with Crippen LogP contribution in [-0.2, 0) is 0 Å². The molecule has 0 atom stereocenters. The van der Waals surface area contributed by atoms with Gasteiger partial charge in [0.15, 0.2) is 0 Å². The van der Waals surface area contributed by atoms with Gasteiger partial charge in [0.25, 0.3) is 12.0 Å². The molecule has 1 N–H and O–H groups in total. The van der Waals surface area contributed by atoms with E-state index in [0.717, 1.165) is 6.07 Å². The monoisotopic (exact) mass is 184 g/mol. The SMILES string of the molecule is Cc1cc(C(F)F)c(C#N)[nH]c1=O. The normalized spacial score (nSPS) is 10.1. The third-order valence-electron chi connectivity index (χ3n) is 1.60. The second kappa shape index (κ2) is 3.35. The molecule has 0 unspecified atom stereocenters. The average molecular weight is 184 g/mol. The Morgan fingerprint density at radius 2 is 2.23 bits per heavy atom. The molecule has 1 aromatic rings. The smallest absolute Gasteiger partial charge is 0.266 e. The minimum atomic E-state index is -2.75. The van der Waals surface area contributed by atoms with Gasteiger partial charge < -0.3 is 4.98 Å². The average Bonchev–Trinajstić information content (AvgIpc) is 2.08. The number of alkyl halides is 2. The Hall–Kier alpha value is -1.70. The Bertz CT molecular complexity index is 417. The van der Waals surface area contributed by atoms with E-state index >= 15 is 0 Å². The van der Waals surface area contributed by atoms with E-state index in [4.69, 9.17) is 5.26 Å². The highest BCUT2D eigenvalue weighted by Crippen LogP contribution is 2.20. The van der Waals surface area contributed by atoms with Gasteiger partial charge in [0.1, 0.15) is 11.8 Å². The van der Waals surface area contributed by atoms with E-state index in [9.17, 15) is 13.6 Å². The lowest BCUT2D eigenvalue weighted by Crippen LogP contribution is -2.13. The molecule has 0 fully saturated rings. The van der Waals surface area contributed by atoms with Crippen LogP contribution < -0.4 is 5.56 Å². The van der Waals surface area contributed by atoms with Crippen LogP contribution in [0.15, 0.2) is 10.9 Å². The van der Waals surface area contributed by atoms with E-state index in [1.165, 1.54) is 13.0 Å². The van der Waals surface area contributed by atoms with Gasteiger partial charge in [-0.25, -0.2) is 8.78 Å². The molecule has 5 heteroatoms. The third kappa shape index (κ3) is 1.72. The van der Waals surface area contributed by atoms with Crippen LogP contribution in [0.4, 0.5) is 8.78 Å². The molecule has 0 aromatic carbocycles. The van der Waals surface area contributed by atoms with Crippen LogP contribution in [0.25, 0.3) is 0 Å². The van der Waals surface area contributed by atoms with Gasteiger partial charge in [0, 0.05) is 5.56 Å². The van der Waals surface area contributed by atoms with Crippen molar-refractivity contribution in [1.82, 2.24) is 4.98 Å². The lowest BCUT2D eigenvalue weighted by atomic mass is 10.1. The van der Waals surface area contributed by atoms with Crippen molar-refractivity contribution < 1.29 is 8.78 Å².